The summed E-state index contributed by atoms with van der Waals surface area (Å²) < 4.78 is 25.1. The average Bonchev–Trinajstić information content (AvgIpc) is 2.26. The molecule has 0 heterocycles. The highest BCUT2D eigenvalue weighted by molar-refractivity contribution is 7.89. The number of hydrogen-bond donors (Lipinski definition) is 3. The van der Waals surface area contributed by atoms with Gasteiger partial charge in [-0.2, -0.15) is 0 Å². The van der Waals surface area contributed by atoms with Crippen molar-refractivity contribution in [2.24, 2.45) is 5.73 Å². The number of amides is 1. The van der Waals surface area contributed by atoms with Gasteiger partial charge in [0.25, 0.3) is 0 Å². The minimum absolute atomic E-state index is 0.0104. The molecule has 7 heteroatoms. The molecule has 17 heavy (non-hydrogen) atoms. The first-order chi connectivity index (χ1) is 7.91. The Labute approximate surface area is 103 Å². The SMILES string of the molecule is CCC(C)NC(=O)CCNS(=O)(=O)CCCN. The number of carbonyl (C=O) groups is 1. The van der Waals surface area contributed by atoms with Crippen molar-refractivity contribution < 1.29 is 13.2 Å². The van der Waals surface area contributed by atoms with E-state index in [4.69, 9.17) is 5.73 Å². The van der Waals surface area contributed by atoms with E-state index in [0.29, 0.717) is 13.0 Å². The lowest BCUT2D eigenvalue weighted by Gasteiger charge is -2.11. The van der Waals surface area contributed by atoms with Crippen LogP contribution in [0.1, 0.15) is 33.1 Å². The maximum atomic E-state index is 11.4. The second-order valence-corrected chi connectivity index (χ2v) is 5.91. The molecule has 0 rings (SSSR count). The van der Waals surface area contributed by atoms with Crippen LogP contribution in [0, 0.1) is 0 Å². The van der Waals surface area contributed by atoms with E-state index in [-0.39, 0.29) is 30.7 Å². The smallest absolute Gasteiger partial charge is 0.221 e. The quantitative estimate of drug-likeness (QED) is 0.526. The number of hydrogen-bond acceptors (Lipinski definition) is 4. The Morgan fingerprint density at radius 2 is 2.06 bits per heavy atom. The van der Waals surface area contributed by atoms with E-state index >= 15 is 0 Å². The summed E-state index contributed by atoms with van der Waals surface area (Å²) in [6.45, 7) is 4.36. The molecule has 0 aliphatic rings. The summed E-state index contributed by atoms with van der Waals surface area (Å²) in [6, 6.07) is 0.122. The molecule has 0 radical (unpaired) electrons. The van der Waals surface area contributed by atoms with Crippen LogP contribution in [-0.2, 0) is 14.8 Å². The van der Waals surface area contributed by atoms with E-state index in [9.17, 15) is 13.2 Å². The molecular weight excluding hydrogens is 242 g/mol. The van der Waals surface area contributed by atoms with E-state index in [1.54, 1.807) is 0 Å². The van der Waals surface area contributed by atoms with Crippen molar-refractivity contribution in [3.63, 3.8) is 0 Å². The summed E-state index contributed by atoms with van der Waals surface area (Å²) in [5, 5.41) is 2.77. The van der Waals surface area contributed by atoms with E-state index < -0.39 is 10.0 Å². The van der Waals surface area contributed by atoms with Crippen molar-refractivity contribution in [2.75, 3.05) is 18.8 Å². The fourth-order valence-electron chi connectivity index (χ4n) is 1.11. The normalized spacial score (nSPS) is 13.4. The van der Waals surface area contributed by atoms with E-state index in [2.05, 4.69) is 10.0 Å². The number of nitrogens with two attached hydrogens (primary N) is 1. The van der Waals surface area contributed by atoms with E-state index in [1.165, 1.54) is 0 Å². The van der Waals surface area contributed by atoms with Gasteiger partial charge in [-0.25, -0.2) is 13.1 Å². The molecule has 1 atom stereocenters. The van der Waals surface area contributed by atoms with Crippen LogP contribution < -0.4 is 15.8 Å². The van der Waals surface area contributed by atoms with Crippen LogP contribution >= 0.6 is 0 Å². The van der Waals surface area contributed by atoms with Crippen LogP contribution in [0.15, 0.2) is 0 Å². The van der Waals surface area contributed by atoms with Gasteiger partial charge < -0.3 is 11.1 Å². The third kappa shape index (κ3) is 9.08. The molecule has 0 bridgehead atoms. The Bertz CT molecular complexity index is 317. The van der Waals surface area contributed by atoms with Crippen LogP contribution in [-0.4, -0.2) is 39.2 Å². The summed E-state index contributed by atoms with van der Waals surface area (Å²) in [7, 11) is -3.28. The predicted octanol–water partition coefficient (Wildman–Crippen LogP) is -0.441. The third-order valence-corrected chi connectivity index (χ3v) is 3.78. The van der Waals surface area contributed by atoms with Crippen molar-refractivity contribution in [1.29, 1.82) is 0 Å². The molecular formula is C10H23N3O3S. The lowest BCUT2D eigenvalue weighted by Crippen LogP contribution is -2.35. The maximum Gasteiger partial charge on any atom is 0.221 e. The minimum Gasteiger partial charge on any atom is -0.354 e. The number of carbonyl (C=O) groups excluding carboxylic acids is 1. The molecule has 0 aliphatic carbocycles. The summed E-state index contributed by atoms with van der Waals surface area (Å²) in [6.07, 6.45) is 1.44. The third-order valence-electron chi connectivity index (χ3n) is 2.31. The lowest BCUT2D eigenvalue weighted by molar-refractivity contribution is -0.121. The van der Waals surface area contributed by atoms with Crippen molar-refractivity contribution in [3.8, 4) is 0 Å². The van der Waals surface area contributed by atoms with Crippen LogP contribution in [0.3, 0.4) is 0 Å². The summed E-state index contributed by atoms with van der Waals surface area (Å²) in [5.74, 6) is -0.128. The maximum absolute atomic E-state index is 11.4. The molecule has 0 aromatic carbocycles. The number of sulfonamides is 1. The van der Waals surface area contributed by atoms with Gasteiger partial charge in [0.15, 0.2) is 0 Å². The predicted molar refractivity (Wildman–Crippen MR) is 68.0 cm³/mol. The zero-order valence-electron chi connectivity index (χ0n) is 10.5. The van der Waals surface area contributed by atoms with Gasteiger partial charge in [0.1, 0.15) is 0 Å². The van der Waals surface area contributed by atoms with Gasteiger partial charge in [0.2, 0.25) is 15.9 Å². The highest BCUT2D eigenvalue weighted by Crippen LogP contribution is 1.91. The van der Waals surface area contributed by atoms with Crippen LogP contribution in [0.25, 0.3) is 0 Å². The van der Waals surface area contributed by atoms with E-state index in [1.807, 2.05) is 13.8 Å². The largest absolute Gasteiger partial charge is 0.354 e. The lowest BCUT2D eigenvalue weighted by atomic mass is 10.2. The second-order valence-electron chi connectivity index (χ2n) is 3.98. The molecule has 6 nitrogen and oxygen atoms in total. The molecule has 0 spiro atoms. The average molecular weight is 265 g/mol. The topological polar surface area (TPSA) is 101 Å². The van der Waals surface area contributed by atoms with Gasteiger partial charge in [0.05, 0.1) is 5.75 Å². The number of rotatable bonds is 9. The molecule has 1 unspecified atom stereocenters. The van der Waals surface area contributed by atoms with Gasteiger partial charge in [-0.1, -0.05) is 6.92 Å². The second kappa shape index (κ2) is 8.43. The Kier molecular flexibility index (Phi) is 8.11. The first kappa shape index (κ1) is 16.3. The summed E-state index contributed by atoms with van der Waals surface area (Å²) in [5.41, 5.74) is 5.23. The van der Waals surface area contributed by atoms with Crippen LogP contribution in [0.5, 0.6) is 0 Å². The standard InChI is InChI=1S/C10H23N3O3S/c1-3-9(2)13-10(14)5-7-12-17(15,16)8-4-6-11/h9,12H,3-8,11H2,1-2H3,(H,13,14). The van der Waals surface area contributed by atoms with Crippen LogP contribution in [0.2, 0.25) is 0 Å². The molecule has 4 N–H and O–H groups in total. The van der Waals surface area contributed by atoms with Gasteiger partial charge >= 0.3 is 0 Å². The van der Waals surface area contributed by atoms with Crippen molar-refractivity contribution in [1.82, 2.24) is 10.0 Å². The summed E-state index contributed by atoms with van der Waals surface area (Å²) >= 11 is 0. The Morgan fingerprint density at radius 1 is 1.41 bits per heavy atom. The monoisotopic (exact) mass is 265 g/mol. The Morgan fingerprint density at radius 3 is 2.59 bits per heavy atom. The first-order valence-electron chi connectivity index (χ1n) is 5.88. The van der Waals surface area contributed by atoms with Crippen molar-refractivity contribution in [3.05, 3.63) is 0 Å². The van der Waals surface area contributed by atoms with Gasteiger partial charge in [-0.05, 0) is 26.3 Å². The zero-order valence-corrected chi connectivity index (χ0v) is 11.3. The van der Waals surface area contributed by atoms with Crippen molar-refractivity contribution >= 4 is 15.9 Å². The molecule has 0 fully saturated rings. The van der Waals surface area contributed by atoms with Gasteiger partial charge in [-0.3, -0.25) is 4.79 Å². The van der Waals surface area contributed by atoms with Gasteiger partial charge in [0, 0.05) is 19.0 Å². The highest BCUT2D eigenvalue weighted by Gasteiger charge is 2.10. The van der Waals surface area contributed by atoms with Crippen LogP contribution in [0.4, 0.5) is 0 Å². The fraction of sp³-hybridized carbons (Fsp3) is 0.900. The molecule has 1 amide bonds. The Hall–Kier alpha value is -0.660. The number of nitrogens with one attached hydrogen (secondary N) is 2. The van der Waals surface area contributed by atoms with Gasteiger partial charge in [-0.15, -0.1) is 0 Å². The molecule has 102 valence electrons. The molecule has 0 aromatic heterocycles. The first-order valence-corrected chi connectivity index (χ1v) is 7.53. The fourth-order valence-corrected chi connectivity index (χ4v) is 2.22. The van der Waals surface area contributed by atoms with Crippen molar-refractivity contribution in [2.45, 2.75) is 39.2 Å². The zero-order chi connectivity index (χ0) is 13.3. The summed E-state index contributed by atoms with van der Waals surface area (Å²) in [4.78, 5) is 11.3. The molecule has 0 saturated carbocycles. The highest BCUT2D eigenvalue weighted by atomic mass is 32.2. The molecule has 0 aromatic rings. The van der Waals surface area contributed by atoms with E-state index in [0.717, 1.165) is 6.42 Å². The molecule has 0 saturated heterocycles. The Balaban J connectivity index is 3.79. The minimum atomic E-state index is -3.28. The molecule has 0 aliphatic heterocycles.